The average Bonchev–Trinajstić information content (AvgIpc) is 3.32. The molecule has 1 N–H and O–H groups in total. The van der Waals surface area contributed by atoms with E-state index in [1.165, 1.54) is 26.0 Å². The maximum absolute atomic E-state index is 13.3. The minimum Gasteiger partial charge on any atom is -0.463 e. The van der Waals surface area contributed by atoms with Crippen molar-refractivity contribution < 1.29 is 38.1 Å². The van der Waals surface area contributed by atoms with E-state index in [2.05, 4.69) is 0 Å². The summed E-state index contributed by atoms with van der Waals surface area (Å²) in [6.07, 6.45) is -4.43. The predicted molar refractivity (Wildman–Crippen MR) is 135 cm³/mol. The molecule has 2 aromatic carbocycles. The van der Waals surface area contributed by atoms with Gasteiger partial charge in [0.15, 0.2) is 24.1 Å². The van der Waals surface area contributed by atoms with Crippen LogP contribution in [0, 0.1) is 12.7 Å². The Morgan fingerprint density at radius 2 is 1.78 bits per heavy atom. The lowest BCUT2D eigenvalue weighted by molar-refractivity contribution is -0.202. The molecule has 9 heteroatoms. The number of halogens is 1. The van der Waals surface area contributed by atoms with Gasteiger partial charge in [0, 0.05) is 30.0 Å². The van der Waals surface area contributed by atoms with E-state index in [0.29, 0.717) is 12.0 Å². The Balaban J connectivity index is 1.61. The smallest absolute Gasteiger partial charge is 0.303 e. The number of hydrogen-bond acceptors (Lipinski definition) is 8. The van der Waals surface area contributed by atoms with Crippen LogP contribution in [0.25, 0.3) is 10.4 Å². The van der Waals surface area contributed by atoms with Gasteiger partial charge in [-0.25, -0.2) is 4.39 Å². The van der Waals surface area contributed by atoms with Gasteiger partial charge in [0.05, 0.1) is 0 Å². The Morgan fingerprint density at radius 1 is 1.05 bits per heavy atom. The fourth-order valence-electron chi connectivity index (χ4n) is 4.23. The summed E-state index contributed by atoms with van der Waals surface area (Å²) in [5.41, 5.74) is 3.55. The molecule has 37 heavy (non-hydrogen) atoms. The minimum absolute atomic E-state index is 0.285. The van der Waals surface area contributed by atoms with Gasteiger partial charge in [-0.2, -0.15) is 0 Å². The maximum atomic E-state index is 13.3. The van der Waals surface area contributed by atoms with E-state index >= 15 is 0 Å². The van der Waals surface area contributed by atoms with Crippen molar-refractivity contribution in [2.75, 3.05) is 6.61 Å². The van der Waals surface area contributed by atoms with Crippen molar-refractivity contribution >= 4 is 29.1 Å². The second-order valence-corrected chi connectivity index (χ2v) is 10.1. The quantitative estimate of drug-likeness (QED) is 0.458. The van der Waals surface area contributed by atoms with Crippen molar-refractivity contribution in [2.24, 2.45) is 0 Å². The van der Waals surface area contributed by atoms with E-state index in [4.69, 9.17) is 14.2 Å². The van der Waals surface area contributed by atoms with Gasteiger partial charge < -0.3 is 19.3 Å². The van der Waals surface area contributed by atoms with Crippen molar-refractivity contribution in [1.82, 2.24) is 0 Å². The molecule has 0 amide bonds. The molecule has 0 aliphatic carbocycles. The number of aliphatic hydroxyl groups is 1. The molecule has 0 radical (unpaired) electrons. The third kappa shape index (κ3) is 6.30. The number of carbonyl (C=O) groups excluding carboxylic acids is 3. The monoisotopic (exact) mass is 526 g/mol. The van der Waals surface area contributed by atoms with Crippen molar-refractivity contribution in [3.63, 3.8) is 0 Å². The Labute approximate surface area is 217 Å². The van der Waals surface area contributed by atoms with E-state index in [0.717, 1.165) is 26.4 Å². The molecule has 3 aromatic rings. The third-order valence-corrected chi connectivity index (χ3v) is 7.26. The van der Waals surface area contributed by atoms with Gasteiger partial charge in [0.2, 0.25) is 0 Å². The van der Waals surface area contributed by atoms with Gasteiger partial charge in [-0.15, -0.1) is 11.3 Å². The number of thiophene rings is 1. The van der Waals surface area contributed by atoms with Gasteiger partial charge in [-0.3, -0.25) is 14.4 Å². The zero-order valence-corrected chi connectivity index (χ0v) is 21.4. The molecule has 194 valence electrons. The fraction of sp³-hybridized carbons (Fsp3) is 0.321. The standard InChI is InChI=1S/C28H27FO7S/c1-15-4-5-19(12-20(15)13-22-10-11-24(37-22)18-6-8-21(29)9-7-18)27-28(35-17(3)31)26(33)25(32)23(36-27)14-34-16(2)30/h4-12,23,26-28,33H,13-14H2,1-3H3/t23-,26+,27+,28+/m1/s1. The average molecular weight is 527 g/mol. The molecule has 4 rings (SSSR count). The normalized spacial score (nSPS) is 21.5. The van der Waals surface area contributed by atoms with Crippen molar-refractivity contribution in [3.8, 4) is 10.4 Å². The number of benzene rings is 2. The largest absolute Gasteiger partial charge is 0.463 e. The number of esters is 2. The minimum atomic E-state index is -1.64. The topological polar surface area (TPSA) is 99.1 Å². The first-order valence-electron chi connectivity index (χ1n) is 11.7. The first kappa shape index (κ1) is 26.7. The first-order chi connectivity index (χ1) is 17.6. The zero-order valence-electron chi connectivity index (χ0n) is 20.6. The van der Waals surface area contributed by atoms with Crippen LogP contribution in [-0.4, -0.2) is 47.7 Å². The Morgan fingerprint density at radius 3 is 2.46 bits per heavy atom. The van der Waals surface area contributed by atoms with Crippen molar-refractivity contribution in [2.45, 2.75) is 51.6 Å². The number of ketones is 1. The molecule has 1 aliphatic rings. The molecule has 0 unspecified atom stereocenters. The van der Waals surface area contributed by atoms with E-state index in [-0.39, 0.29) is 12.4 Å². The van der Waals surface area contributed by atoms with Crippen LogP contribution in [0.5, 0.6) is 0 Å². The van der Waals surface area contributed by atoms with Gasteiger partial charge >= 0.3 is 11.9 Å². The van der Waals surface area contributed by atoms with Crippen LogP contribution in [0.4, 0.5) is 4.39 Å². The summed E-state index contributed by atoms with van der Waals surface area (Å²) < 4.78 is 29.5. The highest BCUT2D eigenvalue weighted by molar-refractivity contribution is 7.15. The molecular weight excluding hydrogens is 499 g/mol. The summed E-state index contributed by atoms with van der Waals surface area (Å²) in [5.74, 6) is -2.25. The van der Waals surface area contributed by atoms with E-state index in [9.17, 15) is 23.9 Å². The highest BCUT2D eigenvalue weighted by Gasteiger charge is 2.47. The van der Waals surface area contributed by atoms with Gasteiger partial charge in [-0.05, 0) is 53.4 Å². The number of Topliss-reactive ketones (excluding diaryl/α,β-unsaturated/α-hetero) is 1. The lowest BCUT2D eigenvalue weighted by Crippen LogP contribution is -2.54. The van der Waals surface area contributed by atoms with Crippen LogP contribution in [0.3, 0.4) is 0 Å². The van der Waals surface area contributed by atoms with Gasteiger partial charge in [-0.1, -0.05) is 30.3 Å². The summed E-state index contributed by atoms with van der Waals surface area (Å²) >= 11 is 1.60. The number of carbonyl (C=O) groups is 3. The Hall–Kier alpha value is -3.40. The van der Waals surface area contributed by atoms with Crippen LogP contribution in [-0.2, 0) is 35.0 Å². The summed E-state index contributed by atoms with van der Waals surface area (Å²) in [6.45, 7) is 4.02. The molecule has 4 atom stereocenters. The molecule has 0 saturated carbocycles. The maximum Gasteiger partial charge on any atom is 0.303 e. The SMILES string of the molecule is CC(=O)OC[C@H]1O[C@@H](c2ccc(C)c(Cc3ccc(-c4ccc(F)cc4)s3)c2)[C@@H](OC(C)=O)[C@@H](O)C1=O. The van der Waals surface area contributed by atoms with E-state index in [1.54, 1.807) is 29.5 Å². The molecule has 1 aliphatic heterocycles. The summed E-state index contributed by atoms with van der Waals surface area (Å²) in [7, 11) is 0. The highest BCUT2D eigenvalue weighted by Crippen LogP contribution is 2.35. The number of rotatable bonds is 7. The summed E-state index contributed by atoms with van der Waals surface area (Å²) in [4.78, 5) is 37.7. The fourth-order valence-corrected chi connectivity index (χ4v) is 5.26. The van der Waals surface area contributed by atoms with E-state index < -0.39 is 42.1 Å². The number of ether oxygens (including phenoxy) is 3. The van der Waals surface area contributed by atoms with Crippen LogP contribution in [0.1, 0.15) is 41.5 Å². The molecule has 1 saturated heterocycles. The van der Waals surface area contributed by atoms with Crippen LogP contribution >= 0.6 is 11.3 Å². The van der Waals surface area contributed by atoms with Crippen molar-refractivity contribution in [1.29, 1.82) is 0 Å². The molecule has 0 spiro atoms. The van der Waals surface area contributed by atoms with Gasteiger partial charge in [0.25, 0.3) is 0 Å². The molecule has 7 nitrogen and oxygen atoms in total. The molecule has 2 heterocycles. The second-order valence-electron chi connectivity index (χ2n) is 8.90. The molecule has 1 aromatic heterocycles. The number of aryl methyl sites for hydroxylation is 1. The second kappa shape index (κ2) is 11.3. The summed E-state index contributed by atoms with van der Waals surface area (Å²) in [6, 6.07) is 16.0. The predicted octanol–water partition coefficient (Wildman–Crippen LogP) is 4.32. The Kier molecular flexibility index (Phi) is 8.16. The number of hydrogen-bond donors (Lipinski definition) is 1. The highest BCUT2D eigenvalue weighted by atomic mass is 32.1. The molecule has 0 bridgehead atoms. The lowest BCUT2D eigenvalue weighted by atomic mass is 9.90. The Bertz CT molecular complexity index is 1300. The zero-order chi connectivity index (χ0) is 26.7. The van der Waals surface area contributed by atoms with Crippen LogP contribution < -0.4 is 0 Å². The lowest BCUT2D eigenvalue weighted by Gasteiger charge is -2.38. The molecular formula is C28H27FO7S. The van der Waals surface area contributed by atoms with Gasteiger partial charge in [0.1, 0.15) is 18.5 Å². The number of aliphatic hydroxyl groups excluding tert-OH is 1. The van der Waals surface area contributed by atoms with Crippen LogP contribution in [0.2, 0.25) is 0 Å². The third-order valence-electron chi connectivity index (χ3n) is 6.13. The first-order valence-corrected chi connectivity index (χ1v) is 12.6. The molecule has 1 fully saturated rings. The summed E-state index contributed by atoms with van der Waals surface area (Å²) in [5, 5.41) is 10.7. The van der Waals surface area contributed by atoms with Crippen LogP contribution in [0.15, 0.2) is 54.6 Å². The van der Waals surface area contributed by atoms with Crippen molar-refractivity contribution in [3.05, 3.63) is 82.0 Å². The van der Waals surface area contributed by atoms with E-state index in [1.807, 2.05) is 31.2 Å².